The Kier molecular flexibility index (Phi) is 4.88. The summed E-state index contributed by atoms with van der Waals surface area (Å²) in [4.78, 5) is 26.3. The highest BCUT2D eigenvalue weighted by molar-refractivity contribution is 7.16. The molecule has 2 N–H and O–H groups in total. The van der Waals surface area contributed by atoms with Crippen LogP contribution in [0.4, 0.5) is 9.80 Å². The van der Waals surface area contributed by atoms with Crippen molar-refractivity contribution in [3.8, 4) is 0 Å². The summed E-state index contributed by atoms with van der Waals surface area (Å²) in [6, 6.07) is 0.0415. The lowest BCUT2D eigenvalue weighted by Gasteiger charge is -2.31. The number of nitrogens with one attached hydrogen (secondary N) is 1. The second-order valence-corrected chi connectivity index (χ2v) is 6.85. The van der Waals surface area contributed by atoms with Gasteiger partial charge in [0.25, 0.3) is 0 Å². The molecule has 1 aromatic heterocycles. The van der Waals surface area contributed by atoms with Crippen molar-refractivity contribution in [3.63, 3.8) is 0 Å². The molecule has 0 bridgehead atoms. The molecule has 0 radical (unpaired) electrons. The van der Waals surface area contributed by atoms with Gasteiger partial charge in [-0.05, 0) is 32.3 Å². The second kappa shape index (κ2) is 6.47. The van der Waals surface area contributed by atoms with E-state index in [2.05, 4.69) is 5.32 Å². The number of carboxylic acid groups (broad SMARTS) is 1. The van der Waals surface area contributed by atoms with Crippen molar-refractivity contribution in [2.75, 3.05) is 12.4 Å². The monoisotopic (exact) mass is 310 g/mol. The highest BCUT2D eigenvalue weighted by Crippen LogP contribution is 2.33. The molecule has 1 aliphatic rings. The minimum atomic E-state index is -0.993. The van der Waals surface area contributed by atoms with Crippen LogP contribution >= 0.6 is 11.3 Å². The maximum atomic E-state index is 12.3. The van der Waals surface area contributed by atoms with Crippen LogP contribution in [0.25, 0.3) is 0 Å². The first-order valence-electron chi connectivity index (χ1n) is 7.29. The van der Waals surface area contributed by atoms with E-state index < -0.39 is 5.97 Å². The number of aryl methyl sites for hydroxylation is 1. The Labute approximate surface area is 129 Å². The Morgan fingerprint density at radius 1 is 1.24 bits per heavy atom. The minimum absolute atomic E-state index is 0.211. The van der Waals surface area contributed by atoms with Crippen molar-refractivity contribution in [2.24, 2.45) is 0 Å². The Bertz CT molecular complexity index is 547. The Hall–Kier alpha value is -1.56. The highest BCUT2D eigenvalue weighted by Gasteiger charge is 2.25. The molecule has 1 heterocycles. The van der Waals surface area contributed by atoms with E-state index in [0.29, 0.717) is 5.00 Å². The van der Waals surface area contributed by atoms with Crippen molar-refractivity contribution in [1.82, 2.24) is 4.90 Å². The van der Waals surface area contributed by atoms with Gasteiger partial charge in [-0.2, -0.15) is 0 Å². The highest BCUT2D eigenvalue weighted by atomic mass is 32.1. The summed E-state index contributed by atoms with van der Waals surface area (Å²) in [6.45, 7) is 3.64. The van der Waals surface area contributed by atoms with Crippen LogP contribution < -0.4 is 5.32 Å². The quantitative estimate of drug-likeness (QED) is 0.890. The largest absolute Gasteiger partial charge is 0.478 e. The van der Waals surface area contributed by atoms with E-state index in [0.717, 1.165) is 36.1 Å². The molecule has 1 saturated carbocycles. The number of carbonyl (C=O) groups excluding carboxylic acids is 1. The molecule has 6 heteroatoms. The number of thiophene rings is 1. The van der Waals surface area contributed by atoms with Crippen molar-refractivity contribution in [1.29, 1.82) is 0 Å². The van der Waals surface area contributed by atoms with Crippen LogP contribution in [-0.4, -0.2) is 35.1 Å². The van der Waals surface area contributed by atoms with E-state index in [1.807, 2.05) is 6.92 Å². The topological polar surface area (TPSA) is 69.6 Å². The fraction of sp³-hybridized carbons (Fsp3) is 0.600. The Morgan fingerprint density at radius 2 is 1.86 bits per heavy atom. The molecule has 1 aliphatic carbocycles. The van der Waals surface area contributed by atoms with Gasteiger partial charge in [0, 0.05) is 18.0 Å². The fourth-order valence-corrected chi connectivity index (χ4v) is 3.83. The van der Waals surface area contributed by atoms with Gasteiger partial charge in [0.05, 0.1) is 5.56 Å². The van der Waals surface area contributed by atoms with E-state index >= 15 is 0 Å². The number of rotatable bonds is 3. The average Bonchev–Trinajstić information content (AvgIpc) is 2.73. The van der Waals surface area contributed by atoms with E-state index in [1.165, 1.54) is 17.8 Å². The molecular formula is C15H22N2O3S. The third-order valence-electron chi connectivity index (χ3n) is 4.26. The van der Waals surface area contributed by atoms with Crippen LogP contribution in [0.5, 0.6) is 0 Å². The van der Waals surface area contributed by atoms with Gasteiger partial charge in [0.2, 0.25) is 0 Å². The number of anilines is 1. The van der Waals surface area contributed by atoms with Gasteiger partial charge in [0.15, 0.2) is 0 Å². The smallest absolute Gasteiger partial charge is 0.338 e. The van der Waals surface area contributed by atoms with Crippen LogP contribution in [-0.2, 0) is 0 Å². The van der Waals surface area contributed by atoms with Gasteiger partial charge in [0.1, 0.15) is 5.00 Å². The third-order valence-corrected chi connectivity index (χ3v) is 5.39. The maximum absolute atomic E-state index is 12.3. The Balaban J connectivity index is 2.12. The van der Waals surface area contributed by atoms with Crippen molar-refractivity contribution in [3.05, 3.63) is 16.0 Å². The molecular weight excluding hydrogens is 288 g/mol. The zero-order valence-electron chi connectivity index (χ0n) is 12.7. The summed E-state index contributed by atoms with van der Waals surface area (Å²) >= 11 is 1.32. The lowest BCUT2D eigenvalue weighted by Crippen LogP contribution is -2.40. The lowest BCUT2D eigenvalue weighted by molar-refractivity contribution is 0.0697. The van der Waals surface area contributed by atoms with Gasteiger partial charge < -0.3 is 10.0 Å². The normalized spacial score (nSPS) is 15.8. The first-order chi connectivity index (χ1) is 9.91. The Morgan fingerprint density at radius 3 is 2.43 bits per heavy atom. The van der Waals surface area contributed by atoms with Gasteiger partial charge in [-0.3, -0.25) is 5.32 Å². The third kappa shape index (κ3) is 3.37. The van der Waals surface area contributed by atoms with E-state index in [-0.39, 0.29) is 17.6 Å². The van der Waals surface area contributed by atoms with Gasteiger partial charge in [-0.25, -0.2) is 9.59 Å². The summed E-state index contributed by atoms with van der Waals surface area (Å²) in [5, 5.41) is 12.5. The second-order valence-electron chi connectivity index (χ2n) is 5.63. The standard InChI is InChI=1S/C15H22N2O3S/c1-9-10(2)21-13(12(9)14(18)19)16-15(20)17(3)11-7-5-4-6-8-11/h11H,4-8H2,1-3H3,(H,16,20)(H,18,19). The number of amides is 2. The molecule has 0 unspecified atom stereocenters. The van der Waals surface area contributed by atoms with Gasteiger partial charge >= 0.3 is 12.0 Å². The summed E-state index contributed by atoms with van der Waals surface area (Å²) < 4.78 is 0. The number of carboxylic acids is 1. The van der Waals surface area contributed by atoms with E-state index in [4.69, 9.17) is 0 Å². The summed E-state index contributed by atoms with van der Waals surface area (Å²) in [7, 11) is 1.79. The molecule has 0 atom stereocenters. The molecule has 1 aromatic rings. The molecule has 0 aliphatic heterocycles. The van der Waals surface area contributed by atoms with Crippen LogP contribution in [0, 0.1) is 13.8 Å². The average molecular weight is 310 g/mol. The SMILES string of the molecule is Cc1sc(NC(=O)N(C)C2CCCCC2)c(C(=O)O)c1C. The molecule has 2 rings (SSSR count). The van der Waals surface area contributed by atoms with Crippen molar-refractivity contribution >= 4 is 28.3 Å². The minimum Gasteiger partial charge on any atom is -0.478 e. The van der Waals surface area contributed by atoms with Gasteiger partial charge in [-0.15, -0.1) is 11.3 Å². The summed E-state index contributed by atoms with van der Waals surface area (Å²) in [5.74, 6) is -0.993. The van der Waals surface area contributed by atoms with Crippen molar-refractivity contribution < 1.29 is 14.7 Å². The zero-order valence-corrected chi connectivity index (χ0v) is 13.5. The number of hydrogen-bond acceptors (Lipinski definition) is 3. The molecule has 5 nitrogen and oxygen atoms in total. The van der Waals surface area contributed by atoms with E-state index in [1.54, 1.807) is 18.9 Å². The van der Waals surface area contributed by atoms with Crippen LogP contribution in [0.1, 0.15) is 52.9 Å². The molecule has 0 saturated heterocycles. The molecule has 21 heavy (non-hydrogen) atoms. The number of carbonyl (C=O) groups is 2. The number of urea groups is 1. The number of nitrogens with zero attached hydrogens (tertiary/aromatic N) is 1. The molecule has 116 valence electrons. The molecule has 1 fully saturated rings. The first-order valence-corrected chi connectivity index (χ1v) is 8.10. The van der Waals surface area contributed by atoms with Gasteiger partial charge in [-0.1, -0.05) is 19.3 Å². The number of aromatic carboxylic acids is 1. The predicted octanol–water partition coefficient (Wildman–Crippen LogP) is 3.86. The fourth-order valence-electron chi connectivity index (χ4n) is 2.79. The zero-order chi connectivity index (χ0) is 15.6. The molecule has 0 spiro atoms. The van der Waals surface area contributed by atoms with Crippen molar-refractivity contribution in [2.45, 2.75) is 52.0 Å². The van der Waals surface area contributed by atoms with Crippen LogP contribution in [0.2, 0.25) is 0 Å². The summed E-state index contributed by atoms with van der Waals surface area (Å²) in [5.41, 5.74) is 0.936. The predicted molar refractivity (Wildman–Crippen MR) is 84.4 cm³/mol. The maximum Gasteiger partial charge on any atom is 0.338 e. The summed E-state index contributed by atoms with van der Waals surface area (Å²) in [6.07, 6.45) is 5.59. The van der Waals surface area contributed by atoms with Crippen LogP contribution in [0.15, 0.2) is 0 Å². The first kappa shape index (κ1) is 15.8. The lowest BCUT2D eigenvalue weighted by atomic mass is 9.95. The van der Waals surface area contributed by atoms with Crippen LogP contribution in [0.3, 0.4) is 0 Å². The number of hydrogen-bond donors (Lipinski definition) is 2. The van der Waals surface area contributed by atoms with E-state index in [9.17, 15) is 14.7 Å². The molecule has 0 aromatic carbocycles. The molecule has 2 amide bonds.